The molecule has 21 heavy (non-hydrogen) atoms. The van der Waals surface area contributed by atoms with Crippen LogP contribution >= 0.6 is 0 Å². The molecule has 2 unspecified atom stereocenters. The standard InChI is InChI=1S/C13H17N3O5/c1-21-12-3-2-8(4-10(12)16(19)20)13(18)15-6-9-5-14-7-11(9)17/h2-4,9,11,14,17H,5-7H2,1H3,(H,15,18). The first kappa shape index (κ1) is 15.2. The van der Waals surface area contributed by atoms with Crippen molar-refractivity contribution < 1.29 is 19.6 Å². The number of methoxy groups -OCH3 is 1. The van der Waals surface area contributed by atoms with E-state index in [4.69, 9.17) is 4.74 Å². The van der Waals surface area contributed by atoms with Crippen molar-refractivity contribution in [3.63, 3.8) is 0 Å². The van der Waals surface area contributed by atoms with Crippen LogP contribution in [0.2, 0.25) is 0 Å². The maximum atomic E-state index is 12.0. The number of benzene rings is 1. The van der Waals surface area contributed by atoms with Crippen molar-refractivity contribution in [2.45, 2.75) is 6.10 Å². The summed E-state index contributed by atoms with van der Waals surface area (Å²) >= 11 is 0. The molecule has 0 bridgehead atoms. The van der Waals surface area contributed by atoms with Crippen molar-refractivity contribution in [1.82, 2.24) is 10.6 Å². The molecule has 1 aromatic carbocycles. The molecule has 0 aromatic heterocycles. The lowest BCUT2D eigenvalue weighted by Gasteiger charge is -2.14. The zero-order chi connectivity index (χ0) is 15.4. The SMILES string of the molecule is COc1ccc(C(=O)NCC2CNCC2O)cc1[N+](=O)[O-]. The molecular weight excluding hydrogens is 278 g/mol. The average Bonchev–Trinajstić information content (AvgIpc) is 2.89. The smallest absolute Gasteiger partial charge is 0.311 e. The van der Waals surface area contributed by atoms with Crippen molar-refractivity contribution in [1.29, 1.82) is 0 Å². The topological polar surface area (TPSA) is 114 Å². The summed E-state index contributed by atoms with van der Waals surface area (Å²) in [5, 5.41) is 26.2. The number of rotatable bonds is 5. The number of β-amino-alcohol motifs (C(OH)–C–C–N with tert-alkyl or cyclic N) is 1. The van der Waals surface area contributed by atoms with Crippen molar-refractivity contribution in [2.75, 3.05) is 26.7 Å². The van der Waals surface area contributed by atoms with E-state index in [1.807, 2.05) is 0 Å². The van der Waals surface area contributed by atoms with E-state index in [1.165, 1.54) is 25.3 Å². The number of nitrogens with zero attached hydrogens (tertiary/aromatic N) is 1. The average molecular weight is 295 g/mol. The molecule has 1 amide bonds. The molecule has 0 aliphatic carbocycles. The van der Waals surface area contributed by atoms with Crippen LogP contribution < -0.4 is 15.4 Å². The molecule has 8 heteroatoms. The summed E-state index contributed by atoms with van der Waals surface area (Å²) in [5.74, 6) is -0.367. The molecular formula is C13H17N3O5. The number of nitrogens with one attached hydrogen (secondary N) is 2. The molecule has 114 valence electrons. The second kappa shape index (κ2) is 6.51. The Hall–Kier alpha value is -2.19. The number of carbonyl (C=O) groups excluding carboxylic acids is 1. The maximum absolute atomic E-state index is 12.0. The third-order valence-electron chi connectivity index (χ3n) is 3.47. The Labute approximate surface area is 121 Å². The van der Waals surface area contributed by atoms with E-state index in [1.54, 1.807) is 0 Å². The summed E-state index contributed by atoms with van der Waals surface area (Å²) in [6, 6.07) is 4.03. The second-order valence-corrected chi connectivity index (χ2v) is 4.84. The zero-order valence-electron chi connectivity index (χ0n) is 11.5. The number of aliphatic hydroxyl groups is 1. The van der Waals surface area contributed by atoms with Crippen LogP contribution in [0.15, 0.2) is 18.2 Å². The second-order valence-electron chi connectivity index (χ2n) is 4.84. The first-order chi connectivity index (χ1) is 10.0. The molecule has 8 nitrogen and oxygen atoms in total. The minimum Gasteiger partial charge on any atom is -0.490 e. The van der Waals surface area contributed by atoms with Gasteiger partial charge in [-0.3, -0.25) is 14.9 Å². The molecule has 2 atom stereocenters. The predicted molar refractivity (Wildman–Crippen MR) is 74.3 cm³/mol. The van der Waals surface area contributed by atoms with Gasteiger partial charge in [0.15, 0.2) is 5.75 Å². The van der Waals surface area contributed by atoms with Crippen LogP contribution in [-0.4, -0.2) is 48.8 Å². The van der Waals surface area contributed by atoms with Gasteiger partial charge in [0.05, 0.1) is 18.1 Å². The summed E-state index contributed by atoms with van der Waals surface area (Å²) in [5.41, 5.74) is -0.0735. The lowest BCUT2D eigenvalue weighted by atomic mass is 10.1. The highest BCUT2D eigenvalue weighted by Gasteiger charge is 2.25. The van der Waals surface area contributed by atoms with Crippen LogP contribution in [0.25, 0.3) is 0 Å². The Morgan fingerprint density at radius 2 is 2.33 bits per heavy atom. The van der Waals surface area contributed by atoms with Crippen molar-refractivity contribution in [3.05, 3.63) is 33.9 Å². The Morgan fingerprint density at radius 1 is 1.57 bits per heavy atom. The van der Waals surface area contributed by atoms with Crippen LogP contribution in [0.4, 0.5) is 5.69 Å². The van der Waals surface area contributed by atoms with E-state index in [-0.39, 0.29) is 22.9 Å². The quantitative estimate of drug-likeness (QED) is 0.517. The van der Waals surface area contributed by atoms with Crippen molar-refractivity contribution in [2.24, 2.45) is 5.92 Å². The molecule has 1 aromatic rings. The van der Waals surface area contributed by atoms with Gasteiger partial charge in [-0.2, -0.15) is 0 Å². The Kier molecular flexibility index (Phi) is 4.71. The summed E-state index contributed by atoms with van der Waals surface area (Å²) < 4.78 is 4.88. The van der Waals surface area contributed by atoms with E-state index >= 15 is 0 Å². The van der Waals surface area contributed by atoms with Gasteiger partial charge in [0.1, 0.15) is 0 Å². The molecule has 0 radical (unpaired) electrons. The van der Waals surface area contributed by atoms with Gasteiger partial charge in [-0.15, -0.1) is 0 Å². The molecule has 1 aliphatic heterocycles. The number of nitro groups is 1. The number of aliphatic hydroxyl groups excluding tert-OH is 1. The first-order valence-corrected chi connectivity index (χ1v) is 6.52. The third-order valence-corrected chi connectivity index (χ3v) is 3.47. The lowest BCUT2D eigenvalue weighted by molar-refractivity contribution is -0.385. The number of ether oxygens (including phenoxy) is 1. The highest BCUT2D eigenvalue weighted by molar-refractivity contribution is 5.95. The van der Waals surface area contributed by atoms with Crippen LogP contribution in [-0.2, 0) is 0 Å². The van der Waals surface area contributed by atoms with Gasteiger partial charge in [0.2, 0.25) is 0 Å². The monoisotopic (exact) mass is 295 g/mol. The van der Waals surface area contributed by atoms with Crippen LogP contribution in [0, 0.1) is 16.0 Å². The van der Waals surface area contributed by atoms with Gasteiger partial charge < -0.3 is 20.5 Å². The number of carbonyl (C=O) groups is 1. The Bertz CT molecular complexity index is 549. The van der Waals surface area contributed by atoms with Gasteiger partial charge in [-0.25, -0.2) is 0 Å². The van der Waals surface area contributed by atoms with Crippen molar-refractivity contribution >= 4 is 11.6 Å². The fourth-order valence-electron chi connectivity index (χ4n) is 2.23. The van der Waals surface area contributed by atoms with E-state index in [9.17, 15) is 20.0 Å². The maximum Gasteiger partial charge on any atom is 0.311 e. The summed E-state index contributed by atoms with van der Waals surface area (Å²) in [4.78, 5) is 22.3. The molecule has 1 aliphatic rings. The van der Waals surface area contributed by atoms with E-state index < -0.39 is 16.9 Å². The molecule has 0 spiro atoms. The number of hydrogen-bond donors (Lipinski definition) is 3. The minimum atomic E-state index is -0.597. The normalized spacial score (nSPS) is 21.0. The molecule has 2 rings (SSSR count). The van der Waals surface area contributed by atoms with Crippen molar-refractivity contribution in [3.8, 4) is 5.75 Å². The summed E-state index contributed by atoms with van der Waals surface area (Å²) in [6.45, 7) is 1.45. The molecule has 1 saturated heterocycles. The minimum absolute atomic E-state index is 0.0535. The van der Waals surface area contributed by atoms with E-state index in [0.29, 0.717) is 19.6 Å². The first-order valence-electron chi connectivity index (χ1n) is 6.52. The van der Waals surface area contributed by atoms with Gasteiger partial charge in [-0.05, 0) is 12.1 Å². The Balaban J connectivity index is 2.05. The fourth-order valence-corrected chi connectivity index (χ4v) is 2.23. The number of nitro benzene ring substituents is 1. The van der Waals surface area contributed by atoms with Crippen LogP contribution in [0.3, 0.4) is 0 Å². The molecule has 1 heterocycles. The van der Waals surface area contributed by atoms with Gasteiger partial charge in [0.25, 0.3) is 5.91 Å². The Morgan fingerprint density at radius 3 is 2.90 bits per heavy atom. The third kappa shape index (κ3) is 3.47. The highest BCUT2D eigenvalue weighted by atomic mass is 16.6. The van der Waals surface area contributed by atoms with E-state index in [0.717, 1.165) is 0 Å². The molecule has 0 saturated carbocycles. The predicted octanol–water partition coefficient (Wildman–Crippen LogP) is -0.0865. The van der Waals surface area contributed by atoms with Gasteiger partial charge in [-0.1, -0.05) is 0 Å². The fraction of sp³-hybridized carbons (Fsp3) is 0.462. The summed E-state index contributed by atoms with van der Waals surface area (Å²) in [7, 11) is 1.33. The van der Waals surface area contributed by atoms with Gasteiger partial charge in [0, 0.05) is 37.2 Å². The number of amides is 1. The van der Waals surface area contributed by atoms with Crippen LogP contribution in [0.1, 0.15) is 10.4 Å². The zero-order valence-corrected chi connectivity index (χ0v) is 11.5. The largest absolute Gasteiger partial charge is 0.490 e. The van der Waals surface area contributed by atoms with Crippen LogP contribution in [0.5, 0.6) is 5.75 Å². The molecule has 1 fully saturated rings. The number of hydrogen-bond acceptors (Lipinski definition) is 6. The van der Waals surface area contributed by atoms with Gasteiger partial charge >= 0.3 is 5.69 Å². The highest BCUT2D eigenvalue weighted by Crippen LogP contribution is 2.27. The lowest BCUT2D eigenvalue weighted by Crippen LogP contribution is -2.34. The summed E-state index contributed by atoms with van der Waals surface area (Å²) in [6.07, 6.45) is -0.490. The van der Waals surface area contributed by atoms with E-state index in [2.05, 4.69) is 10.6 Å². The molecule has 3 N–H and O–H groups in total.